The standard InChI is InChI=1S/C17H20INO/c1-2-19-13-12-16(14-8-4-3-5-9-14)20-17-11-7-6-10-15(17)18/h3-11,16,19H,2,12-13H2,1H3. The van der Waals surface area contributed by atoms with Gasteiger partial charge in [-0.3, -0.25) is 0 Å². The fourth-order valence-corrected chi connectivity index (χ4v) is 2.58. The van der Waals surface area contributed by atoms with E-state index >= 15 is 0 Å². The smallest absolute Gasteiger partial charge is 0.133 e. The number of rotatable bonds is 7. The van der Waals surface area contributed by atoms with Crippen molar-refractivity contribution in [2.24, 2.45) is 0 Å². The zero-order chi connectivity index (χ0) is 14.2. The molecule has 0 amide bonds. The summed E-state index contributed by atoms with van der Waals surface area (Å²) in [6, 6.07) is 18.6. The molecule has 106 valence electrons. The zero-order valence-electron chi connectivity index (χ0n) is 11.7. The van der Waals surface area contributed by atoms with E-state index in [1.165, 1.54) is 5.56 Å². The molecular weight excluding hydrogens is 361 g/mol. The zero-order valence-corrected chi connectivity index (χ0v) is 13.8. The van der Waals surface area contributed by atoms with Gasteiger partial charge in [-0.15, -0.1) is 0 Å². The molecular formula is C17H20INO. The normalized spacial score (nSPS) is 12.1. The van der Waals surface area contributed by atoms with E-state index < -0.39 is 0 Å². The quantitative estimate of drug-likeness (QED) is 0.567. The number of hydrogen-bond acceptors (Lipinski definition) is 2. The number of benzene rings is 2. The minimum atomic E-state index is 0.0890. The molecule has 20 heavy (non-hydrogen) atoms. The number of nitrogens with one attached hydrogen (secondary N) is 1. The molecule has 0 radical (unpaired) electrons. The summed E-state index contributed by atoms with van der Waals surface area (Å²) in [4.78, 5) is 0. The summed E-state index contributed by atoms with van der Waals surface area (Å²) in [5, 5.41) is 3.37. The molecule has 0 bridgehead atoms. The molecule has 0 saturated heterocycles. The third-order valence-corrected chi connectivity index (χ3v) is 4.00. The lowest BCUT2D eigenvalue weighted by atomic mass is 10.1. The van der Waals surface area contributed by atoms with Crippen LogP contribution in [0.15, 0.2) is 54.6 Å². The van der Waals surface area contributed by atoms with Crippen molar-refractivity contribution in [1.82, 2.24) is 5.32 Å². The van der Waals surface area contributed by atoms with Gasteiger partial charge in [0.1, 0.15) is 11.9 Å². The Hall–Kier alpha value is -1.07. The second-order valence-electron chi connectivity index (χ2n) is 4.59. The van der Waals surface area contributed by atoms with Crippen LogP contribution in [0.3, 0.4) is 0 Å². The minimum Gasteiger partial charge on any atom is -0.485 e. The largest absolute Gasteiger partial charge is 0.485 e. The van der Waals surface area contributed by atoms with Crippen molar-refractivity contribution >= 4 is 22.6 Å². The van der Waals surface area contributed by atoms with Gasteiger partial charge in [0.2, 0.25) is 0 Å². The molecule has 0 aromatic heterocycles. The SMILES string of the molecule is CCNCCC(Oc1ccccc1I)c1ccccc1. The average Bonchev–Trinajstić information content (AvgIpc) is 2.49. The maximum atomic E-state index is 6.23. The van der Waals surface area contributed by atoms with E-state index in [2.05, 4.69) is 65.2 Å². The summed E-state index contributed by atoms with van der Waals surface area (Å²) in [6.45, 7) is 4.07. The molecule has 3 heteroatoms. The van der Waals surface area contributed by atoms with Crippen LogP contribution in [0, 0.1) is 3.57 Å². The Balaban J connectivity index is 2.12. The second kappa shape index (κ2) is 8.27. The van der Waals surface area contributed by atoms with Crippen molar-refractivity contribution in [2.45, 2.75) is 19.4 Å². The molecule has 0 heterocycles. The Bertz CT molecular complexity index is 515. The summed E-state index contributed by atoms with van der Waals surface area (Å²) in [6.07, 6.45) is 1.05. The first kappa shape index (κ1) is 15.3. The first-order valence-corrected chi connectivity index (χ1v) is 8.06. The third-order valence-electron chi connectivity index (χ3n) is 3.11. The molecule has 0 aliphatic carbocycles. The van der Waals surface area contributed by atoms with Crippen molar-refractivity contribution in [3.63, 3.8) is 0 Å². The molecule has 1 atom stereocenters. The van der Waals surface area contributed by atoms with Crippen LogP contribution in [0.4, 0.5) is 0 Å². The molecule has 0 aliphatic heterocycles. The summed E-state index contributed by atoms with van der Waals surface area (Å²) < 4.78 is 7.38. The Morgan fingerprint density at radius 1 is 1.05 bits per heavy atom. The highest BCUT2D eigenvalue weighted by molar-refractivity contribution is 14.1. The Morgan fingerprint density at radius 2 is 1.75 bits per heavy atom. The first-order valence-electron chi connectivity index (χ1n) is 6.98. The minimum absolute atomic E-state index is 0.0890. The molecule has 0 fully saturated rings. The molecule has 2 aromatic carbocycles. The van der Waals surface area contributed by atoms with Crippen molar-refractivity contribution in [2.75, 3.05) is 13.1 Å². The van der Waals surface area contributed by atoms with E-state index in [1.807, 2.05) is 24.3 Å². The van der Waals surface area contributed by atoms with Crippen LogP contribution in [0.5, 0.6) is 5.75 Å². The van der Waals surface area contributed by atoms with E-state index in [0.29, 0.717) is 0 Å². The molecule has 2 aromatic rings. The van der Waals surface area contributed by atoms with Crippen molar-refractivity contribution in [1.29, 1.82) is 0 Å². The maximum absolute atomic E-state index is 6.23. The van der Waals surface area contributed by atoms with Crippen molar-refractivity contribution < 1.29 is 4.74 Å². The number of para-hydroxylation sites is 1. The second-order valence-corrected chi connectivity index (χ2v) is 5.75. The molecule has 0 saturated carbocycles. The molecule has 2 nitrogen and oxygen atoms in total. The lowest BCUT2D eigenvalue weighted by molar-refractivity contribution is 0.193. The van der Waals surface area contributed by atoms with E-state index in [4.69, 9.17) is 4.74 Å². The lowest BCUT2D eigenvalue weighted by Crippen LogP contribution is -2.19. The van der Waals surface area contributed by atoms with Gasteiger partial charge in [0.15, 0.2) is 0 Å². The number of ether oxygens (including phenoxy) is 1. The highest BCUT2D eigenvalue weighted by Crippen LogP contribution is 2.28. The van der Waals surface area contributed by atoms with Crippen LogP contribution >= 0.6 is 22.6 Å². The third kappa shape index (κ3) is 4.49. The highest BCUT2D eigenvalue weighted by Gasteiger charge is 2.14. The average molecular weight is 381 g/mol. The van der Waals surface area contributed by atoms with Gasteiger partial charge in [-0.1, -0.05) is 49.4 Å². The van der Waals surface area contributed by atoms with E-state index in [9.17, 15) is 0 Å². The summed E-state index contributed by atoms with van der Waals surface area (Å²) in [5.41, 5.74) is 1.23. The van der Waals surface area contributed by atoms with E-state index in [0.717, 1.165) is 28.8 Å². The van der Waals surface area contributed by atoms with Gasteiger partial charge >= 0.3 is 0 Å². The van der Waals surface area contributed by atoms with Gasteiger partial charge in [-0.05, 0) is 53.4 Å². The molecule has 0 aliphatic rings. The predicted octanol–water partition coefficient (Wildman–Crippen LogP) is 4.41. The fraction of sp³-hybridized carbons (Fsp3) is 0.294. The van der Waals surface area contributed by atoms with Crippen LogP contribution in [-0.4, -0.2) is 13.1 Å². The number of hydrogen-bond donors (Lipinski definition) is 1. The predicted molar refractivity (Wildman–Crippen MR) is 92.1 cm³/mol. The first-order chi connectivity index (χ1) is 9.81. The van der Waals surface area contributed by atoms with Gasteiger partial charge in [0, 0.05) is 6.42 Å². The topological polar surface area (TPSA) is 21.3 Å². The van der Waals surface area contributed by atoms with Gasteiger partial charge < -0.3 is 10.1 Å². The summed E-state index contributed by atoms with van der Waals surface area (Å²) in [5.74, 6) is 0.957. The molecule has 0 spiro atoms. The van der Waals surface area contributed by atoms with Gasteiger partial charge in [-0.25, -0.2) is 0 Å². The summed E-state index contributed by atoms with van der Waals surface area (Å²) in [7, 11) is 0. The molecule has 1 unspecified atom stereocenters. The van der Waals surface area contributed by atoms with Crippen LogP contribution in [-0.2, 0) is 0 Å². The van der Waals surface area contributed by atoms with Gasteiger partial charge in [0.25, 0.3) is 0 Å². The lowest BCUT2D eigenvalue weighted by Gasteiger charge is -2.20. The summed E-state index contributed by atoms with van der Waals surface area (Å²) >= 11 is 2.32. The van der Waals surface area contributed by atoms with Crippen LogP contribution in [0.2, 0.25) is 0 Å². The van der Waals surface area contributed by atoms with E-state index in [1.54, 1.807) is 0 Å². The molecule has 1 N–H and O–H groups in total. The van der Waals surface area contributed by atoms with Crippen LogP contribution in [0.1, 0.15) is 25.0 Å². The monoisotopic (exact) mass is 381 g/mol. The van der Waals surface area contributed by atoms with Crippen molar-refractivity contribution in [3.05, 3.63) is 63.7 Å². The van der Waals surface area contributed by atoms with Gasteiger partial charge in [-0.2, -0.15) is 0 Å². The highest BCUT2D eigenvalue weighted by atomic mass is 127. The van der Waals surface area contributed by atoms with Crippen LogP contribution in [0.25, 0.3) is 0 Å². The molecule has 2 rings (SSSR count). The Kier molecular flexibility index (Phi) is 6.33. The van der Waals surface area contributed by atoms with E-state index in [-0.39, 0.29) is 6.10 Å². The Labute approximate surface area is 134 Å². The maximum Gasteiger partial charge on any atom is 0.133 e. The Morgan fingerprint density at radius 3 is 2.45 bits per heavy atom. The van der Waals surface area contributed by atoms with Gasteiger partial charge in [0.05, 0.1) is 3.57 Å². The van der Waals surface area contributed by atoms with Crippen LogP contribution < -0.4 is 10.1 Å². The number of halogens is 1. The van der Waals surface area contributed by atoms with Crippen molar-refractivity contribution in [3.8, 4) is 5.75 Å². The fourth-order valence-electron chi connectivity index (χ4n) is 2.06.